The fourth-order valence-corrected chi connectivity index (χ4v) is 2.67. The van der Waals surface area contributed by atoms with Gasteiger partial charge in [-0.2, -0.15) is 0 Å². The SMILES string of the molecule is CCC(C)C(=O)N1CCN(CC(=O)NCc2ccccc2)CC1. The summed E-state index contributed by atoms with van der Waals surface area (Å²) < 4.78 is 0. The molecule has 0 radical (unpaired) electrons. The minimum Gasteiger partial charge on any atom is -0.351 e. The van der Waals surface area contributed by atoms with Crippen molar-refractivity contribution in [3.63, 3.8) is 0 Å². The van der Waals surface area contributed by atoms with Gasteiger partial charge >= 0.3 is 0 Å². The van der Waals surface area contributed by atoms with Gasteiger partial charge in [0.2, 0.25) is 11.8 Å². The lowest BCUT2D eigenvalue weighted by Crippen LogP contribution is -2.52. The van der Waals surface area contributed by atoms with Crippen LogP contribution < -0.4 is 5.32 Å². The first-order valence-electron chi connectivity index (χ1n) is 8.42. The highest BCUT2D eigenvalue weighted by Crippen LogP contribution is 2.10. The molecule has 1 aliphatic heterocycles. The van der Waals surface area contributed by atoms with Gasteiger partial charge in [-0.05, 0) is 12.0 Å². The molecule has 0 aromatic heterocycles. The fourth-order valence-electron chi connectivity index (χ4n) is 2.67. The summed E-state index contributed by atoms with van der Waals surface area (Å²) in [6.45, 7) is 7.94. The van der Waals surface area contributed by atoms with Crippen LogP contribution in [0.25, 0.3) is 0 Å². The van der Waals surface area contributed by atoms with Crippen molar-refractivity contribution in [2.24, 2.45) is 5.92 Å². The lowest BCUT2D eigenvalue weighted by molar-refractivity contribution is -0.137. The van der Waals surface area contributed by atoms with Crippen LogP contribution in [0.5, 0.6) is 0 Å². The van der Waals surface area contributed by atoms with Gasteiger partial charge in [0.1, 0.15) is 0 Å². The first-order chi connectivity index (χ1) is 11.1. The third kappa shape index (κ3) is 5.36. The number of carbonyl (C=O) groups is 2. The summed E-state index contributed by atoms with van der Waals surface area (Å²) >= 11 is 0. The third-order valence-corrected chi connectivity index (χ3v) is 4.42. The molecule has 1 fully saturated rings. The molecule has 1 aliphatic rings. The molecular weight excluding hydrogens is 290 g/mol. The highest BCUT2D eigenvalue weighted by molar-refractivity contribution is 5.79. The van der Waals surface area contributed by atoms with Gasteiger partial charge in [-0.3, -0.25) is 14.5 Å². The van der Waals surface area contributed by atoms with Crippen molar-refractivity contribution in [1.82, 2.24) is 15.1 Å². The Morgan fingerprint density at radius 1 is 1.13 bits per heavy atom. The van der Waals surface area contributed by atoms with Gasteiger partial charge in [0.25, 0.3) is 0 Å². The van der Waals surface area contributed by atoms with Gasteiger partial charge in [-0.1, -0.05) is 44.2 Å². The highest BCUT2D eigenvalue weighted by atomic mass is 16.2. The summed E-state index contributed by atoms with van der Waals surface area (Å²) in [5, 5.41) is 2.95. The number of hydrogen-bond donors (Lipinski definition) is 1. The predicted molar refractivity (Wildman–Crippen MR) is 90.8 cm³/mol. The number of benzene rings is 1. The van der Waals surface area contributed by atoms with Crippen LogP contribution in [-0.4, -0.2) is 54.3 Å². The van der Waals surface area contributed by atoms with E-state index in [-0.39, 0.29) is 17.7 Å². The van der Waals surface area contributed by atoms with E-state index in [4.69, 9.17) is 0 Å². The topological polar surface area (TPSA) is 52.7 Å². The van der Waals surface area contributed by atoms with Crippen molar-refractivity contribution in [3.05, 3.63) is 35.9 Å². The molecule has 1 heterocycles. The quantitative estimate of drug-likeness (QED) is 0.865. The molecule has 1 aromatic carbocycles. The van der Waals surface area contributed by atoms with Crippen LogP contribution in [-0.2, 0) is 16.1 Å². The summed E-state index contributed by atoms with van der Waals surface area (Å²) in [4.78, 5) is 28.2. The van der Waals surface area contributed by atoms with Gasteiger partial charge in [-0.15, -0.1) is 0 Å². The van der Waals surface area contributed by atoms with E-state index in [1.165, 1.54) is 0 Å². The third-order valence-electron chi connectivity index (χ3n) is 4.42. The molecule has 2 rings (SSSR count). The lowest BCUT2D eigenvalue weighted by Gasteiger charge is -2.35. The molecule has 2 amide bonds. The zero-order valence-electron chi connectivity index (χ0n) is 14.1. The lowest BCUT2D eigenvalue weighted by atomic mass is 10.1. The van der Waals surface area contributed by atoms with Crippen LogP contribution in [0.3, 0.4) is 0 Å². The van der Waals surface area contributed by atoms with E-state index in [0.29, 0.717) is 13.1 Å². The zero-order valence-corrected chi connectivity index (χ0v) is 14.1. The average Bonchev–Trinajstić information content (AvgIpc) is 2.60. The molecule has 23 heavy (non-hydrogen) atoms. The molecule has 0 aliphatic carbocycles. The van der Waals surface area contributed by atoms with Gasteiger partial charge in [0.05, 0.1) is 6.54 Å². The monoisotopic (exact) mass is 317 g/mol. The van der Waals surface area contributed by atoms with Gasteiger partial charge in [0, 0.05) is 38.6 Å². The maximum atomic E-state index is 12.1. The summed E-state index contributed by atoms with van der Waals surface area (Å²) in [7, 11) is 0. The Hall–Kier alpha value is -1.88. The molecule has 5 nitrogen and oxygen atoms in total. The summed E-state index contributed by atoms with van der Waals surface area (Å²) in [5.74, 6) is 0.368. The van der Waals surface area contributed by atoms with Crippen molar-refractivity contribution < 1.29 is 9.59 Å². The van der Waals surface area contributed by atoms with Crippen LogP contribution in [0.15, 0.2) is 30.3 Å². The Labute approximate surface area is 138 Å². The van der Waals surface area contributed by atoms with Crippen molar-refractivity contribution in [2.45, 2.75) is 26.8 Å². The molecule has 1 saturated heterocycles. The number of hydrogen-bond acceptors (Lipinski definition) is 3. The largest absolute Gasteiger partial charge is 0.351 e. The predicted octanol–water partition coefficient (Wildman–Crippen LogP) is 1.49. The van der Waals surface area contributed by atoms with Gasteiger partial charge < -0.3 is 10.2 Å². The molecule has 126 valence electrons. The molecule has 0 bridgehead atoms. The van der Waals surface area contributed by atoms with Crippen molar-refractivity contribution in [1.29, 1.82) is 0 Å². The summed E-state index contributed by atoms with van der Waals surface area (Å²) in [6.07, 6.45) is 0.876. The Balaban J connectivity index is 1.69. The normalized spacial score (nSPS) is 16.9. The van der Waals surface area contributed by atoms with Crippen LogP contribution >= 0.6 is 0 Å². The van der Waals surface area contributed by atoms with E-state index >= 15 is 0 Å². The number of amides is 2. The standard InChI is InChI=1S/C18H27N3O2/c1-3-15(2)18(23)21-11-9-20(10-12-21)14-17(22)19-13-16-7-5-4-6-8-16/h4-8,15H,3,9-14H2,1-2H3,(H,19,22). The molecule has 1 N–H and O–H groups in total. The first kappa shape index (κ1) is 17.5. The van der Waals surface area contributed by atoms with E-state index < -0.39 is 0 Å². The smallest absolute Gasteiger partial charge is 0.234 e. The molecule has 1 atom stereocenters. The van der Waals surface area contributed by atoms with E-state index in [1.807, 2.05) is 49.1 Å². The minimum absolute atomic E-state index is 0.0376. The number of piperazine rings is 1. The minimum atomic E-state index is 0.0376. The highest BCUT2D eigenvalue weighted by Gasteiger charge is 2.24. The van der Waals surface area contributed by atoms with E-state index in [9.17, 15) is 9.59 Å². The molecule has 1 aromatic rings. The van der Waals surface area contributed by atoms with E-state index in [0.717, 1.165) is 38.2 Å². The van der Waals surface area contributed by atoms with Gasteiger partial charge in [-0.25, -0.2) is 0 Å². The second-order valence-electron chi connectivity index (χ2n) is 6.17. The average molecular weight is 317 g/mol. The Kier molecular flexibility index (Phi) is 6.59. The number of nitrogens with one attached hydrogen (secondary N) is 1. The molecular formula is C18H27N3O2. The van der Waals surface area contributed by atoms with Crippen molar-refractivity contribution in [3.8, 4) is 0 Å². The second kappa shape index (κ2) is 8.67. The Morgan fingerprint density at radius 2 is 1.78 bits per heavy atom. The Morgan fingerprint density at radius 3 is 2.39 bits per heavy atom. The first-order valence-corrected chi connectivity index (χ1v) is 8.42. The van der Waals surface area contributed by atoms with Crippen LogP contribution in [0, 0.1) is 5.92 Å². The van der Waals surface area contributed by atoms with Gasteiger partial charge in [0.15, 0.2) is 0 Å². The Bertz CT molecular complexity index is 510. The van der Waals surface area contributed by atoms with Crippen LogP contribution in [0.4, 0.5) is 0 Å². The second-order valence-corrected chi connectivity index (χ2v) is 6.17. The molecule has 5 heteroatoms. The van der Waals surface area contributed by atoms with E-state index in [1.54, 1.807) is 0 Å². The molecule has 1 unspecified atom stereocenters. The van der Waals surface area contributed by atoms with Crippen molar-refractivity contribution in [2.75, 3.05) is 32.7 Å². The summed E-state index contributed by atoms with van der Waals surface area (Å²) in [5.41, 5.74) is 1.10. The molecule has 0 spiro atoms. The molecule has 0 saturated carbocycles. The zero-order chi connectivity index (χ0) is 16.7. The van der Waals surface area contributed by atoms with E-state index in [2.05, 4.69) is 10.2 Å². The maximum Gasteiger partial charge on any atom is 0.234 e. The summed E-state index contributed by atoms with van der Waals surface area (Å²) in [6, 6.07) is 9.90. The van der Waals surface area contributed by atoms with Crippen molar-refractivity contribution >= 4 is 11.8 Å². The maximum absolute atomic E-state index is 12.1. The van der Waals surface area contributed by atoms with Crippen LogP contribution in [0.2, 0.25) is 0 Å². The fraction of sp³-hybridized carbons (Fsp3) is 0.556. The van der Waals surface area contributed by atoms with Crippen LogP contribution in [0.1, 0.15) is 25.8 Å². The number of rotatable bonds is 6. The number of nitrogens with zero attached hydrogens (tertiary/aromatic N) is 2. The number of carbonyl (C=O) groups excluding carboxylic acids is 2.